The molecule has 1 aliphatic rings. The van der Waals surface area contributed by atoms with Gasteiger partial charge in [0, 0.05) is 63.5 Å². The smallest absolute Gasteiger partial charge is 0.223 e. The van der Waals surface area contributed by atoms with E-state index in [1.165, 1.54) is 5.56 Å². The summed E-state index contributed by atoms with van der Waals surface area (Å²) in [5, 5.41) is 0. The zero-order valence-electron chi connectivity index (χ0n) is 16.3. The number of para-hydroxylation sites is 1. The van der Waals surface area contributed by atoms with E-state index in [1.54, 1.807) is 31.6 Å². The molecule has 0 aliphatic carbocycles. The van der Waals surface area contributed by atoms with Gasteiger partial charge in [0.25, 0.3) is 0 Å². The van der Waals surface area contributed by atoms with Crippen molar-refractivity contribution in [3.8, 4) is 5.75 Å². The monoisotopic (exact) mass is 381 g/mol. The Hall–Kier alpha value is -2.73. The lowest BCUT2D eigenvalue weighted by molar-refractivity contribution is -0.132. The molecule has 1 amide bonds. The van der Waals surface area contributed by atoms with E-state index in [1.807, 2.05) is 23.1 Å². The van der Waals surface area contributed by atoms with Crippen molar-refractivity contribution >= 4 is 11.7 Å². The zero-order valence-corrected chi connectivity index (χ0v) is 16.3. The summed E-state index contributed by atoms with van der Waals surface area (Å²) in [5.41, 5.74) is 1.77. The third-order valence-electron chi connectivity index (χ3n) is 5.16. The van der Waals surface area contributed by atoms with Gasteiger partial charge < -0.3 is 9.64 Å². The largest absolute Gasteiger partial charge is 0.496 e. The predicted molar refractivity (Wildman–Crippen MR) is 108 cm³/mol. The van der Waals surface area contributed by atoms with E-state index < -0.39 is 0 Å². The Labute approximate surface area is 166 Å². The number of rotatable bonds is 8. The fourth-order valence-electron chi connectivity index (χ4n) is 3.46. The minimum absolute atomic E-state index is 0.0307. The highest BCUT2D eigenvalue weighted by atomic mass is 16.5. The minimum atomic E-state index is -0.0307. The van der Waals surface area contributed by atoms with Crippen LogP contribution in [0.4, 0.5) is 0 Å². The maximum Gasteiger partial charge on any atom is 0.223 e. The lowest BCUT2D eigenvalue weighted by Gasteiger charge is -2.34. The van der Waals surface area contributed by atoms with Crippen LogP contribution in [-0.2, 0) is 11.2 Å². The molecule has 148 valence electrons. The van der Waals surface area contributed by atoms with Crippen LogP contribution < -0.4 is 4.74 Å². The van der Waals surface area contributed by atoms with Gasteiger partial charge in [-0.1, -0.05) is 18.2 Å². The molecular weight excluding hydrogens is 354 g/mol. The highest BCUT2D eigenvalue weighted by Gasteiger charge is 2.21. The molecule has 0 saturated carbocycles. The van der Waals surface area contributed by atoms with Crippen molar-refractivity contribution in [2.75, 3.05) is 39.8 Å². The number of pyridine rings is 1. The van der Waals surface area contributed by atoms with Gasteiger partial charge in [-0.15, -0.1) is 0 Å². The molecule has 6 heteroatoms. The van der Waals surface area contributed by atoms with Gasteiger partial charge in [0.2, 0.25) is 5.91 Å². The van der Waals surface area contributed by atoms with Crippen molar-refractivity contribution in [3.63, 3.8) is 0 Å². The topological polar surface area (TPSA) is 62.7 Å². The second kappa shape index (κ2) is 9.99. The van der Waals surface area contributed by atoms with Crippen molar-refractivity contribution in [3.05, 3.63) is 59.9 Å². The number of benzene rings is 1. The lowest BCUT2D eigenvalue weighted by Crippen LogP contribution is -2.49. The second-order valence-electron chi connectivity index (χ2n) is 6.95. The van der Waals surface area contributed by atoms with Crippen molar-refractivity contribution in [2.45, 2.75) is 19.3 Å². The highest BCUT2D eigenvalue weighted by molar-refractivity contribution is 5.97. The molecule has 1 fully saturated rings. The third kappa shape index (κ3) is 5.39. The van der Waals surface area contributed by atoms with Crippen molar-refractivity contribution in [2.24, 2.45) is 0 Å². The molecule has 28 heavy (non-hydrogen) atoms. The molecule has 1 aliphatic heterocycles. The van der Waals surface area contributed by atoms with Gasteiger partial charge in [-0.25, -0.2) is 0 Å². The number of piperazine rings is 1. The van der Waals surface area contributed by atoms with Crippen LogP contribution in [0.25, 0.3) is 0 Å². The molecule has 6 nitrogen and oxygen atoms in total. The molecule has 2 aromatic rings. The molecule has 0 N–H and O–H groups in total. The summed E-state index contributed by atoms with van der Waals surface area (Å²) in [4.78, 5) is 32.7. The summed E-state index contributed by atoms with van der Waals surface area (Å²) < 4.78 is 5.41. The Bertz CT molecular complexity index is 787. The van der Waals surface area contributed by atoms with E-state index in [0.29, 0.717) is 18.7 Å². The maximum absolute atomic E-state index is 12.4. The quantitative estimate of drug-likeness (QED) is 0.657. The summed E-state index contributed by atoms with van der Waals surface area (Å²) in [5.74, 6) is 0.952. The predicted octanol–water partition coefficient (Wildman–Crippen LogP) is 2.44. The first kappa shape index (κ1) is 20.0. The van der Waals surface area contributed by atoms with Crippen LogP contribution >= 0.6 is 0 Å². The summed E-state index contributed by atoms with van der Waals surface area (Å²) in [6.45, 7) is 4.09. The Kier molecular flexibility index (Phi) is 7.14. The summed E-state index contributed by atoms with van der Waals surface area (Å²) in [6, 6.07) is 11.6. The van der Waals surface area contributed by atoms with Gasteiger partial charge in [-0.05, 0) is 30.2 Å². The number of methoxy groups -OCH3 is 1. The van der Waals surface area contributed by atoms with E-state index in [9.17, 15) is 9.59 Å². The average Bonchev–Trinajstić information content (AvgIpc) is 2.77. The van der Waals surface area contributed by atoms with Gasteiger partial charge in [-0.2, -0.15) is 0 Å². The van der Waals surface area contributed by atoms with Gasteiger partial charge in [-0.3, -0.25) is 19.5 Å². The fourth-order valence-corrected chi connectivity index (χ4v) is 3.46. The highest BCUT2D eigenvalue weighted by Crippen LogP contribution is 2.18. The van der Waals surface area contributed by atoms with Crippen molar-refractivity contribution < 1.29 is 14.3 Å². The fraction of sp³-hybridized carbons (Fsp3) is 0.409. The average molecular weight is 381 g/mol. The number of amides is 1. The Balaban J connectivity index is 1.40. The number of ketones is 1. The first-order valence-corrected chi connectivity index (χ1v) is 9.72. The van der Waals surface area contributed by atoms with E-state index >= 15 is 0 Å². The Morgan fingerprint density at radius 2 is 1.82 bits per heavy atom. The molecule has 0 unspecified atom stereocenters. The molecule has 0 bridgehead atoms. The number of Topliss-reactive ketones (excluding diaryl/α,β-unsaturated/α-hetero) is 1. The van der Waals surface area contributed by atoms with Gasteiger partial charge in [0.15, 0.2) is 5.78 Å². The van der Waals surface area contributed by atoms with Crippen LogP contribution in [0.2, 0.25) is 0 Å². The normalized spacial score (nSPS) is 14.7. The number of nitrogens with zero attached hydrogens (tertiary/aromatic N) is 3. The maximum atomic E-state index is 12.4. The SMILES string of the molecule is COc1ccccc1CCN1CCN(C(=O)CCC(=O)c2cccnc2)CC1. The van der Waals surface area contributed by atoms with E-state index in [-0.39, 0.29) is 24.5 Å². The van der Waals surface area contributed by atoms with E-state index in [4.69, 9.17) is 4.74 Å². The van der Waals surface area contributed by atoms with Crippen LogP contribution in [0.5, 0.6) is 5.75 Å². The number of carbonyl (C=O) groups excluding carboxylic acids is 2. The van der Waals surface area contributed by atoms with Gasteiger partial charge in [0.05, 0.1) is 7.11 Å². The zero-order chi connectivity index (χ0) is 19.8. The molecule has 0 radical (unpaired) electrons. The molecule has 1 aromatic heterocycles. The van der Waals surface area contributed by atoms with Crippen molar-refractivity contribution in [1.82, 2.24) is 14.8 Å². The van der Waals surface area contributed by atoms with Crippen LogP contribution in [0.1, 0.15) is 28.8 Å². The van der Waals surface area contributed by atoms with Crippen molar-refractivity contribution in [1.29, 1.82) is 0 Å². The molecule has 0 spiro atoms. The van der Waals surface area contributed by atoms with E-state index in [0.717, 1.165) is 31.8 Å². The number of hydrogen-bond donors (Lipinski definition) is 0. The molecule has 0 atom stereocenters. The summed E-state index contributed by atoms with van der Waals surface area (Å²) >= 11 is 0. The van der Waals surface area contributed by atoms with Gasteiger partial charge in [0.1, 0.15) is 5.75 Å². The summed E-state index contributed by atoms with van der Waals surface area (Å²) in [6.07, 6.45) is 4.60. The van der Waals surface area contributed by atoms with Crippen LogP contribution in [-0.4, -0.2) is 66.3 Å². The minimum Gasteiger partial charge on any atom is -0.496 e. The number of ether oxygens (including phenoxy) is 1. The molecular formula is C22H27N3O3. The molecule has 1 aromatic carbocycles. The third-order valence-corrected chi connectivity index (χ3v) is 5.16. The number of carbonyl (C=O) groups is 2. The van der Waals surface area contributed by atoms with E-state index in [2.05, 4.69) is 16.0 Å². The number of hydrogen-bond acceptors (Lipinski definition) is 5. The molecule has 3 rings (SSSR count). The Morgan fingerprint density at radius 3 is 2.54 bits per heavy atom. The van der Waals surface area contributed by atoms with Gasteiger partial charge >= 0.3 is 0 Å². The summed E-state index contributed by atoms with van der Waals surface area (Å²) in [7, 11) is 1.70. The number of aromatic nitrogens is 1. The molecule has 1 saturated heterocycles. The van der Waals surface area contributed by atoms with Crippen LogP contribution in [0.15, 0.2) is 48.8 Å². The van der Waals surface area contributed by atoms with Crippen LogP contribution in [0, 0.1) is 0 Å². The Morgan fingerprint density at radius 1 is 1.04 bits per heavy atom. The standard InChI is InChI=1S/C22H27N3O3/c1-28-21-7-3-2-5-18(21)10-12-24-13-15-25(16-14-24)22(27)9-8-20(26)19-6-4-11-23-17-19/h2-7,11,17H,8-10,12-16H2,1H3. The van der Waals surface area contributed by atoms with Crippen LogP contribution in [0.3, 0.4) is 0 Å². The molecule has 2 heterocycles. The first-order valence-electron chi connectivity index (χ1n) is 9.72. The lowest BCUT2D eigenvalue weighted by atomic mass is 10.1. The first-order chi connectivity index (χ1) is 13.7. The second-order valence-corrected chi connectivity index (χ2v) is 6.95.